The summed E-state index contributed by atoms with van der Waals surface area (Å²) in [6.45, 7) is 4.05. The molecule has 6 heteroatoms. The molecule has 0 aliphatic carbocycles. The number of aliphatic hydroxyl groups is 1. The topological polar surface area (TPSA) is 85.4 Å². The average molecular weight is 675 g/mol. The van der Waals surface area contributed by atoms with Crippen LogP contribution in [0.3, 0.4) is 0 Å². The molecule has 0 radical (unpaired) electrons. The molecule has 0 aromatic carbocycles. The van der Waals surface area contributed by atoms with Gasteiger partial charge in [-0.3, -0.25) is 9.59 Å². The van der Waals surface area contributed by atoms with Crippen LogP contribution in [0.1, 0.15) is 187 Å². The summed E-state index contributed by atoms with van der Waals surface area (Å²) >= 11 is 0. The molecule has 1 heterocycles. The van der Waals surface area contributed by atoms with Gasteiger partial charge in [0.2, 0.25) is 0 Å². The van der Waals surface area contributed by atoms with E-state index in [1.165, 1.54) is 109 Å². The summed E-state index contributed by atoms with van der Waals surface area (Å²) in [6, 6.07) is 0. The van der Waals surface area contributed by atoms with E-state index in [0.29, 0.717) is 12.8 Å². The van der Waals surface area contributed by atoms with Crippen molar-refractivity contribution in [3.05, 3.63) is 36.5 Å². The van der Waals surface area contributed by atoms with E-state index in [9.17, 15) is 14.7 Å². The number of carbonyl (C=O) groups excluding carboxylic acids is 2. The predicted octanol–water partition coefficient (Wildman–Crippen LogP) is 11.4. The highest BCUT2D eigenvalue weighted by molar-refractivity contribution is 5.70. The zero-order valence-corrected chi connectivity index (χ0v) is 31.2. The Morgan fingerprint density at radius 1 is 0.604 bits per heavy atom. The molecule has 0 amide bonds. The van der Waals surface area contributed by atoms with Crippen molar-refractivity contribution in [3.63, 3.8) is 0 Å². The van der Waals surface area contributed by atoms with Gasteiger partial charge in [0.15, 0.2) is 6.10 Å². The SMILES string of the molecule is CCCCC/C=C\C/C=C\C/C=C\CC1OC1CCCC(=O)O[C@@H](CO)COC(=O)CCCCCCCCCCCCCCCCCC. The maximum atomic E-state index is 12.2. The van der Waals surface area contributed by atoms with Crippen LogP contribution in [0.4, 0.5) is 0 Å². The zero-order valence-electron chi connectivity index (χ0n) is 31.2. The van der Waals surface area contributed by atoms with Crippen LogP contribution in [0.5, 0.6) is 0 Å². The number of hydrogen-bond donors (Lipinski definition) is 1. The molecule has 1 aliphatic rings. The predicted molar refractivity (Wildman–Crippen MR) is 200 cm³/mol. The van der Waals surface area contributed by atoms with Crippen molar-refractivity contribution in [2.75, 3.05) is 13.2 Å². The Kier molecular flexibility index (Phi) is 30.8. The second-order valence-corrected chi connectivity index (χ2v) is 13.8. The fourth-order valence-electron chi connectivity index (χ4n) is 5.93. The van der Waals surface area contributed by atoms with Crippen LogP contribution >= 0.6 is 0 Å². The molecule has 0 spiro atoms. The van der Waals surface area contributed by atoms with Crippen molar-refractivity contribution in [2.45, 2.75) is 206 Å². The third-order valence-electron chi connectivity index (χ3n) is 9.11. The number of ether oxygens (including phenoxy) is 3. The molecule has 1 rings (SSSR count). The Hall–Kier alpha value is -1.92. The highest BCUT2D eigenvalue weighted by atomic mass is 16.6. The fourth-order valence-corrected chi connectivity index (χ4v) is 5.93. The van der Waals surface area contributed by atoms with Crippen LogP contribution in [-0.4, -0.2) is 48.6 Å². The van der Waals surface area contributed by atoms with Crippen LogP contribution < -0.4 is 0 Å². The van der Waals surface area contributed by atoms with E-state index < -0.39 is 6.10 Å². The summed E-state index contributed by atoms with van der Waals surface area (Å²) < 4.78 is 16.3. The Morgan fingerprint density at radius 2 is 1.10 bits per heavy atom. The van der Waals surface area contributed by atoms with E-state index in [2.05, 4.69) is 50.3 Å². The quantitative estimate of drug-likeness (QED) is 0.0312. The minimum atomic E-state index is -0.807. The van der Waals surface area contributed by atoms with Crippen molar-refractivity contribution in [3.8, 4) is 0 Å². The fraction of sp³-hybridized carbons (Fsp3) is 0.810. The van der Waals surface area contributed by atoms with Crippen LogP contribution in [0.15, 0.2) is 36.5 Å². The van der Waals surface area contributed by atoms with Gasteiger partial charge >= 0.3 is 11.9 Å². The third kappa shape index (κ3) is 29.0. The van der Waals surface area contributed by atoms with Crippen molar-refractivity contribution in [2.24, 2.45) is 0 Å². The van der Waals surface area contributed by atoms with Crippen LogP contribution in [0, 0.1) is 0 Å². The number of carbonyl (C=O) groups is 2. The molecule has 0 saturated carbocycles. The second-order valence-electron chi connectivity index (χ2n) is 13.8. The van der Waals surface area contributed by atoms with Gasteiger partial charge in [-0.15, -0.1) is 0 Å². The smallest absolute Gasteiger partial charge is 0.306 e. The van der Waals surface area contributed by atoms with Crippen LogP contribution in [0.25, 0.3) is 0 Å². The molecule has 1 N–H and O–H groups in total. The van der Waals surface area contributed by atoms with Gasteiger partial charge in [0, 0.05) is 12.8 Å². The zero-order chi connectivity index (χ0) is 34.8. The summed E-state index contributed by atoms with van der Waals surface area (Å²) in [4.78, 5) is 24.4. The van der Waals surface area contributed by atoms with E-state index in [4.69, 9.17) is 14.2 Å². The number of epoxide rings is 1. The van der Waals surface area contributed by atoms with Gasteiger partial charge in [0.05, 0.1) is 18.8 Å². The lowest BCUT2D eigenvalue weighted by Crippen LogP contribution is -2.28. The summed E-state index contributed by atoms with van der Waals surface area (Å²) in [6.07, 6.45) is 43.7. The molecule has 1 saturated heterocycles. The van der Waals surface area contributed by atoms with Gasteiger partial charge in [-0.1, -0.05) is 159 Å². The molecule has 48 heavy (non-hydrogen) atoms. The first-order valence-electron chi connectivity index (χ1n) is 20.2. The van der Waals surface area contributed by atoms with E-state index in [1.807, 2.05) is 0 Å². The Bertz CT molecular complexity index is 834. The average Bonchev–Trinajstić information content (AvgIpc) is 3.84. The highest BCUT2D eigenvalue weighted by Crippen LogP contribution is 2.30. The maximum absolute atomic E-state index is 12.2. The maximum Gasteiger partial charge on any atom is 0.306 e. The Morgan fingerprint density at radius 3 is 1.69 bits per heavy atom. The van der Waals surface area contributed by atoms with Crippen LogP contribution in [0.2, 0.25) is 0 Å². The van der Waals surface area contributed by atoms with E-state index >= 15 is 0 Å². The molecule has 0 aromatic rings. The minimum absolute atomic E-state index is 0.0923. The normalized spacial score (nSPS) is 16.7. The second kappa shape index (κ2) is 33.6. The molecule has 3 atom stereocenters. The lowest BCUT2D eigenvalue weighted by Gasteiger charge is -2.15. The van der Waals surface area contributed by atoms with E-state index in [0.717, 1.165) is 44.9 Å². The number of aliphatic hydroxyl groups excluding tert-OH is 1. The molecule has 278 valence electrons. The standard InChI is InChI=1S/C42H74O6/c1-3-5-7-9-11-13-15-17-18-19-20-22-24-26-28-30-34-41(44)46-37-38(36-43)47-42(45)35-31-33-40-39(48-40)32-29-27-25-23-21-16-14-12-10-8-6-4-2/h12,14,21,23,27,29,38-40,43H,3-11,13,15-20,22,24-26,28,30-37H2,1-2H3/b14-12-,23-21-,29-27-/t38-,39?,40?/m0/s1. The number of rotatable bonds is 35. The Labute approximate surface area is 295 Å². The monoisotopic (exact) mass is 675 g/mol. The van der Waals surface area contributed by atoms with E-state index in [1.54, 1.807) is 0 Å². The molecule has 1 aliphatic heterocycles. The molecule has 0 bridgehead atoms. The summed E-state index contributed by atoms with van der Waals surface area (Å²) in [5.74, 6) is -0.662. The van der Waals surface area contributed by atoms with Gasteiger partial charge in [-0.25, -0.2) is 0 Å². The molecular formula is C42H74O6. The molecule has 6 nitrogen and oxygen atoms in total. The van der Waals surface area contributed by atoms with Crippen molar-refractivity contribution in [1.82, 2.24) is 0 Å². The summed E-state index contributed by atoms with van der Waals surface area (Å²) in [7, 11) is 0. The number of allylic oxidation sites excluding steroid dienone is 5. The van der Waals surface area contributed by atoms with Gasteiger partial charge in [-0.2, -0.15) is 0 Å². The van der Waals surface area contributed by atoms with Crippen LogP contribution in [-0.2, 0) is 23.8 Å². The van der Waals surface area contributed by atoms with Gasteiger partial charge < -0.3 is 19.3 Å². The molecule has 1 fully saturated rings. The van der Waals surface area contributed by atoms with Gasteiger partial charge in [0.1, 0.15) is 6.61 Å². The lowest BCUT2D eigenvalue weighted by atomic mass is 10.0. The number of hydrogen-bond acceptors (Lipinski definition) is 6. The lowest BCUT2D eigenvalue weighted by molar-refractivity contribution is -0.161. The first-order valence-corrected chi connectivity index (χ1v) is 20.2. The highest BCUT2D eigenvalue weighted by Gasteiger charge is 2.36. The van der Waals surface area contributed by atoms with Gasteiger partial charge in [0.25, 0.3) is 0 Å². The summed E-state index contributed by atoms with van der Waals surface area (Å²) in [5.41, 5.74) is 0. The summed E-state index contributed by atoms with van der Waals surface area (Å²) in [5, 5.41) is 9.58. The Balaban J connectivity index is 1.93. The minimum Gasteiger partial charge on any atom is -0.462 e. The first-order chi connectivity index (χ1) is 23.6. The first kappa shape index (κ1) is 44.1. The van der Waals surface area contributed by atoms with Gasteiger partial charge in [-0.05, 0) is 51.4 Å². The molecular weight excluding hydrogens is 600 g/mol. The molecule has 2 unspecified atom stereocenters. The third-order valence-corrected chi connectivity index (χ3v) is 9.11. The van der Waals surface area contributed by atoms with Crippen molar-refractivity contribution in [1.29, 1.82) is 0 Å². The number of unbranched alkanes of at least 4 members (excludes halogenated alkanes) is 18. The van der Waals surface area contributed by atoms with Crippen molar-refractivity contribution >= 4 is 11.9 Å². The largest absolute Gasteiger partial charge is 0.462 e. The van der Waals surface area contributed by atoms with Crippen molar-refractivity contribution < 1.29 is 28.9 Å². The molecule has 0 aromatic heterocycles. The van der Waals surface area contributed by atoms with E-state index in [-0.39, 0.29) is 43.8 Å². The number of esters is 2.